The molecule has 30 heavy (non-hydrogen) atoms. The molecule has 154 valence electrons. The van der Waals surface area contributed by atoms with E-state index in [0.717, 1.165) is 16.7 Å². The SMILES string of the molecule is NC(=NN=Cc1ccc(O)c(O)c1)SC1CC(=O)N(c2ccc(C(=O)O)cc2)C1=O. The Kier molecular flexibility index (Phi) is 6.02. The number of anilines is 1. The van der Waals surface area contributed by atoms with Crippen molar-refractivity contribution in [1.29, 1.82) is 0 Å². The number of aromatic carboxylic acids is 1. The molecule has 1 heterocycles. The molecule has 11 heteroatoms. The summed E-state index contributed by atoms with van der Waals surface area (Å²) in [4.78, 5) is 36.8. The Bertz CT molecular complexity index is 1070. The first-order valence-electron chi connectivity index (χ1n) is 8.51. The molecular weight excluding hydrogens is 412 g/mol. The van der Waals surface area contributed by atoms with Gasteiger partial charge in [-0.3, -0.25) is 9.59 Å². The number of carbonyl (C=O) groups is 3. The lowest BCUT2D eigenvalue weighted by atomic mass is 10.2. The minimum Gasteiger partial charge on any atom is -0.504 e. The van der Waals surface area contributed by atoms with Crippen molar-refractivity contribution < 1.29 is 29.7 Å². The largest absolute Gasteiger partial charge is 0.504 e. The fraction of sp³-hybridized carbons (Fsp3) is 0.105. The van der Waals surface area contributed by atoms with E-state index < -0.39 is 23.0 Å². The second-order valence-corrected chi connectivity index (χ2v) is 7.38. The number of carboxylic acid groups (broad SMARTS) is 1. The first kappa shape index (κ1) is 20.9. The van der Waals surface area contributed by atoms with Gasteiger partial charge in [-0.15, -0.1) is 5.10 Å². The molecule has 0 aliphatic carbocycles. The fourth-order valence-corrected chi connectivity index (χ4v) is 3.48. The van der Waals surface area contributed by atoms with E-state index in [0.29, 0.717) is 5.56 Å². The molecule has 1 unspecified atom stereocenters. The quantitative estimate of drug-likeness (QED) is 0.183. The zero-order valence-corrected chi connectivity index (χ0v) is 16.1. The Hall–Kier alpha value is -3.86. The lowest BCUT2D eigenvalue weighted by Crippen LogP contribution is -2.31. The van der Waals surface area contributed by atoms with Crippen LogP contribution in [0.25, 0.3) is 0 Å². The van der Waals surface area contributed by atoms with Crippen molar-refractivity contribution in [3.8, 4) is 11.5 Å². The molecule has 1 saturated heterocycles. The summed E-state index contributed by atoms with van der Waals surface area (Å²) in [7, 11) is 0. The van der Waals surface area contributed by atoms with Crippen LogP contribution in [0.4, 0.5) is 5.69 Å². The number of carboxylic acids is 1. The maximum atomic E-state index is 12.6. The van der Waals surface area contributed by atoms with Crippen LogP contribution in [0, 0.1) is 0 Å². The topological polar surface area (TPSA) is 166 Å². The van der Waals surface area contributed by atoms with Crippen LogP contribution in [0.15, 0.2) is 52.7 Å². The number of imide groups is 1. The summed E-state index contributed by atoms with van der Waals surface area (Å²) in [5.74, 6) is -2.61. The number of rotatable bonds is 5. The van der Waals surface area contributed by atoms with Gasteiger partial charge in [0.2, 0.25) is 11.8 Å². The number of aromatic hydroxyl groups is 2. The van der Waals surface area contributed by atoms with Crippen molar-refractivity contribution in [3.05, 3.63) is 53.6 Å². The maximum absolute atomic E-state index is 12.6. The lowest BCUT2D eigenvalue weighted by molar-refractivity contribution is -0.121. The molecule has 2 aromatic carbocycles. The van der Waals surface area contributed by atoms with E-state index in [9.17, 15) is 24.6 Å². The van der Waals surface area contributed by atoms with Crippen molar-refractivity contribution in [3.63, 3.8) is 0 Å². The second kappa shape index (κ2) is 8.66. The Morgan fingerprint density at radius 2 is 1.83 bits per heavy atom. The van der Waals surface area contributed by atoms with Gasteiger partial charge in [-0.2, -0.15) is 5.10 Å². The zero-order chi connectivity index (χ0) is 21.8. The van der Waals surface area contributed by atoms with E-state index in [1.807, 2.05) is 0 Å². The summed E-state index contributed by atoms with van der Waals surface area (Å²) in [5, 5.41) is 34.3. The zero-order valence-electron chi connectivity index (χ0n) is 15.3. The smallest absolute Gasteiger partial charge is 0.335 e. The third-order valence-electron chi connectivity index (χ3n) is 4.10. The Morgan fingerprint density at radius 1 is 1.13 bits per heavy atom. The third-order valence-corrected chi connectivity index (χ3v) is 5.08. The van der Waals surface area contributed by atoms with Gasteiger partial charge >= 0.3 is 5.97 Å². The molecule has 1 atom stereocenters. The molecule has 1 aliphatic heterocycles. The van der Waals surface area contributed by atoms with Gasteiger partial charge in [0, 0.05) is 6.42 Å². The number of phenols is 2. The van der Waals surface area contributed by atoms with Crippen LogP contribution >= 0.6 is 11.8 Å². The van der Waals surface area contributed by atoms with Crippen LogP contribution in [-0.2, 0) is 9.59 Å². The summed E-state index contributed by atoms with van der Waals surface area (Å²) in [6.07, 6.45) is 1.21. The molecule has 0 spiro atoms. The van der Waals surface area contributed by atoms with Gasteiger partial charge in [0.1, 0.15) is 5.25 Å². The predicted octanol–water partition coefficient (Wildman–Crippen LogP) is 1.51. The number of thioether (sulfide) groups is 1. The van der Waals surface area contributed by atoms with Crippen molar-refractivity contribution in [2.24, 2.45) is 15.9 Å². The lowest BCUT2D eigenvalue weighted by Gasteiger charge is -2.14. The van der Waals surface area contributed by atoms with Crippen molar-refractivity contribution in [1.82, 2.24) is 0 Å². The van der Waals surface area contributed by atoms with Crippen LogP contribution in [-0.4, -0.2) is 49.7 Å². The molecule has 0 aromatic heterocycles. The summed E-state index contributed by atoms with van der Waals surface area (Å²) >= 11 is 0.885. The Balaban J connectivity index is 1.66. The normalized spacial score (nSPS) is 17.1. The number of nitrogens with zero attached hydrogens (tertiary/aromatic N) is 3. The molecular formula is C19H16N4O6S. The monoisotopic (exact) mass is 428 g/mol. The van der Waals surface area contributed by atoms with Gasteiger partial charge in [0.25, 0.3) is 0 Å². The highest BCUT2D eigenvalue weighted by atomic mass is 32.2. The summed E-state index contributed by atoms with van der Waals surface area (Å²) < 4.78 is 0. The van der Waals surface area contributed by atoms with Crippen LogP contribution in [0.5, 0.6) is 11.5 Å². The maximum Gasteiger partial charge on any atom is 0.335 e. The molecule has 0 saturated carbocycles. The van der Waals surface area contributed by atoms with E-state index in [-0.39, 0.29) is 34.3 Å². The minimum atomic E-state index is -1.11. The fourth-order valence-electron chi connectivity index (χ4n) is 2.66. The molecule has 3 rings (SSSR count). The molecule has 0 radical (unpaired) electrons. The average Bonchev–Trinajstić information content (AvgIpc) is 2.97. The van der Waals surface area contributed by atoms with Crippen molar-refractivity contribution >= 4 is 46.6 Å². The molecule has 10 nitrogen and oxygen atoms in total. The molecule has 1 fully saturated rings. The molecule has 5 N–H and O–H groups in total. The molecule has 1 aliphatic rings. The number of amidine groups is 1. The molecule has 0 bridgehead atoms. The highest BCUT2D eigenvalue weighted by Crippen LogP contribution is 2.30. The van der Waals surface area contributed by atoms with E-state index in [2.05, 4.69) is 10.2 Å². The number of phenolic OH excluding ortho intramolecular Hbond substituents is 2. The van der Waals surface area contributed by atoms with Crippen molar-refractivity contribution in [2.45, 2.75) is 11.7 Å². The number of hydrogen-bond donors (Lipinski definition) is 4. The van der Waals surface area contributed by atoms with Gasteiger partial charge < -0.3 is 21.1 Å². The van der Waals surface area contributed by atoms with E-state index >= 15 is 0 Å². The summed E-state index contributed by atoms with van der Waals surface area (Å²) in [6, 6.07) is 9.48. The number of hydrogen-bond acceptors (Lipinski definition) is 8. The minimum absolute atomic E-state index is 0.0384. The second-order valence-electron chi connectivity index (χ2n) is 6.16. The first-order valence-corrected chi connectivity index (χ1v) is 9.39. The van der Waals surface area contributed by atoms with Crippen molar-refractivity contribution in [2.75, 3.05) is 4.90 Å². The number of nitrogens with two attached hydrogens (primary N) is 1. The standard InChI is InChI=1S/C19H16N4O6S/c20-19(22-21-9-10-1-6-13(24)14(25)7-10)30-15-8-16(26)23(17(15)27)12-4-2-11(3-5-12)18(28)29/h1-7,9,15,24-25H,8H2,(H2,20,22)(H,28,29). The Morgan fingerprint density at radius 3 is 2.47 bits per heavy atom. The van der Waals surface area contributed by atoms with E-state index in [1.54, 1.807) is 0 Å². The van der Waals surface area contributed by atoms with Crippen LogP contribution in [0.1, 0.15) is 22.3 Å². The molecule has 2 amide bonds. The predicted molar refractivity (Wildman–Crippen MR) is 111 cm³/mol. The highest BCUT2D eigenvalue weighted by molar-refractivity contribution is 8.14. The summed E-state index contributed by atoms with van der Waals surface area (Å²) in [6.45, 7) is 0. The number of benzene rings is 2. The van der Waals surface area contributed by atoms with E-state index in [4.69, 9.17) is 10.8 Å². The highest BCUT2D eigenvalue weighted by Gasteiger charge is 2.40. The average molecular weight is 428 g/mol. The first-order chi connectivity index (χ1) is 14.3. The van der Waals surface area contributed by atoms with E-state index in [1.165, 1.54) is 48.7 Å². The van der Waals surface area contributed by atoms with Gasteiger partial charge in [0.15, 0.2) is 16.7 Å². The van der Waals surface area contributed by atoms with Gasteiger partial charge in [-0.25, -0.2) is 9.69 Å². The number of amides is 2. The van der Waals surface area contributed by atoms with Gasteiger partial charge in [-0.05, 0) is 48.0 Å². The van der Waals surface area contributed by atoms with Crippen LogP contribution in [0.2, 0.25) is 0 Å². The third kappa shape index (κ3) is 4.58. The van der Waals surface area contributed by atoms with Gasteiger partial charge in [-0.1, -0.05) is 11.8 Å². The van der Waals surface area contributed by atoms with Crippen LogP contribution < -0.4 is 10.6 Å². The molecule has 2 aromatic rings. The Labute approximate surface area is 174 Å². The summed E-state index contributed by atoms with van der Waals surface area (Å²) in [5.41, 5.74) is 6.56. The number of carbonyl (C=O) groups excluding carboxylic acids is 2. The van der Waals surface area contributed by atoms with Crippen LogP contribution in [0.3, 0.4) is 0 Å². The van der Waals surface area contributed by atoms with Gasteiger partial charge in [0.05, 0.1) is 17.5 Å².